The van der Waals surface area contributed by atoms with Gasteiger partial charge in [0.05, 0.1) is 33.0 Å². The van der Waals surface area contributed by atoms with Gasteiger partial charge < -0.3 is 39.0 Å². The van der Waals surface area contributed by atoms with Crippen LogP contribution in [-0.2, 0) is 23.7 Å². The van der Waals surface area contributed by atoms with Gasteiger partial charge in [0.2, 0.25) is 0 Å². The highest BCUT2D eigenvalue weighted by molar-refractivity contribution is 4.89. The third-order valence-electron chi connectivity index (χ3n) is 3.33. The summed E-state index contributed by atoms with van der Waals surface area (Å²) in [5.74, 6) is 0. The highest BCUT2D eigenvalue weighted by Crippen LogP contribution is 2.23. The van der Waals surface area contributed by atoms with Crippen LogP contribution in [0.4, 0.5) is 0 Å². The van der Waals surface area contributed by atoms with E-state index >= 15 is 0 Å². The molecule has 0 unspecified atom stereocenters. The first-order chi connectivity index (χ1) is 10.7. The van der Waals surface area contributed by atoms with Gasteiger partial charge >= 0.3 is 0 Å². The number of hydrogen-bond donors (Lipinski definition) is 3. The molecule has 0 radical (unpaired) electrons. The number of methoxy groups -OCH3 is 1. The summed E-state index contributed by atoms with van der Waals surface area (Å²) in [7, 11) is 1.39. The normalized spacial score (nSPS) is 32.3. The van der Waals surface area contributed by atoms with Crippen molar-refractivity contribution in [1.29, 1.82) is 0 Å². The van der Waals surface area contributed by atoms with Crippen LogP contribution in [0.3, 0.4) is 0 Å². The van der Waals surface area contributed by atoms with Crippen molar-refractivity contribution >= 4 is 0 Å². The van der Waals surface area contributed by atoms with Crippen molar-refractivity contribution in [2.45, 2.75) is 44.1 Å². The minimum absolute atomic E-state index is 0.235. The quantitative estimate of drug-likeness (QED) is 0.411. The van der Waals surface area contributed by atoms with E-state index in [9.17, 15) is 10.2 Å². The van der Waals surface area contributed by atoms with Crippen molar-refractivity contribution in [3.63, 3.8) is 0 Å². The molecule has 0 saturated carbocycles. The van der Waals surface area contributed by atoms with Gasteiger partial charge in [0.15, 0.2) is 6.29 Å². The van der Waals surface area contributed by atoms with Crippen LogP contribution >= 0.6 is 0 Å². The van der Waals surface area contributed by atoms with Crippen LogP contribution in [-0.4, -0.2) is 92.8 Å². The molecule has 132 valence electrons. The summed E-state index contributed by atoms with van der Waals surface area (Å²) in [6.07, 6.45) is -4.05. The van der Waals surface area contributed by atoms with E-state index in [1.165, 1.54) is 7.11 Å². The van der Waals surface area contributed by atoms with E-state index < -0.39 is 37.3 Å². The maximum absolute atomic E-state index is 9.94. The maximum atomic E-state index is 9.94. The van der Waals surface area contributed by atoms with Crippen molar-refractivity contribution in [2.75, 3.05) is 46.8 Å². The molecule has 0 aromatic carbocycles. The molecule has 8 nitrogen and oxygen atoms in total. The highest BCUT2D eigenvalue weighted by Gasteiger charge is 2.45. The van der Waals surface area contributed by atoms with Crippen molar-refractivity contribution in [1.82, 2.24) is 0 Å². The summed E-state index contributed by atoms with van der Waals surface area (Å²) in [6, 6.07) is 0. The summed E-state index contributed by atoms with van der Waals surface area (Å²) < 4.78 is 26.6. The summed E-state index contributed by atoms with van der Waals surface area (Å²) in [4.78, 5) is 0. The van der Waals surface area contributed by atoms with Gasteiger partial charge in [0.25, 0.3) is 0 Å². The summed E-state index contributed by atoms with van der Waals surface area (Å²) >= 11 is 0. The molecule has 0 amide bonds. The van der Waals surface area contributed by atoms with E-state index in [1.54, 1.807) is 0 Å². The molecule has 0 aromatic rings. The lowest BCUT2D eigenvalue weighted by Crippen LogP contribution is -2.59. The molecule has 1 saturated heterocycles. The van der Waals surface area contributed by atoms with E-state index in [1.807, 2.05) is 6.92 Å². The molecule has 0 aliphatic carbocycles. The summed E-state index contributed by atoms with van der Waals surface area (Å²) in [6.45, 7) is 3.92. The van der Waals surface area contributed by atoms with Crippen LogP contribution in [0.25, 0.3) is 0 Å². The van der Waals surface area contributed by atoms with Gasteiger partial charge in [-0.2, -0.15) is 0 Å². The molecule has 22 heavy (non-hydrogen) atoms. The second-order valence-corrected chi connectivity index (χ2v) is 5.00. The lowest BCUT2D eigenvalue weighted by molar-refractivity contribution is -0.307. The second-order valence-electron chi connectivity index (χ2n) is 5.00. The van der Waals surface area contributed by atoms with Crippen molar-refractivity contribution in [3.05, 3.63) is 0 Å². The fourth-order valence-corrected chi connectivity index (χ4v) is 2.13. The molecule has 3 N–H and O–H groups in total. The number of ether oxygens (including phenoxy) is 5. The second kappa shape index (κ2) is 11.3. The van der Waals surface area contributed by atoms with E-state index in [0.717, 1.165) is 6.42 Å². The summed E-state index contributed by atoms with van der Waals surface area (Å²) in [5.41, 5.74) is 0. The van der Waals surface area contributed by atoms with Gasteiger partial charge in [0, 0.05) is 13.7 Å². The summed E-state index contributed by atoms with van der Waals surface area (Å²) in [5, 5.41) is 28.8. The Morgan fingerprint density at radius 2 is 1.59 bits per heavy atom. The Labute approximate surface area is 130 Å². The van der Waals surface area contributed by atoms with Crippen LogP contribution in [0.1, 0.15) is 13.3 Å². The fraction of sp³-hybridized carbons (Fsp3) is 1.00. The molecular formula is C14H28O8. The fourth-order valence-electron chi connectivity index (χ4n) is 2.13. The predicted octanol–water partition coefficient (Wildman–Crippen LogP) is -1.10. The van der Waals surface area contributed by atoms with Gasteiger partial charge in [-0.05, 0) is 6.42 Å². The molecule has 1 aliphatic rings. The first-order valence-corrected chi connectivity index (χ1v) is 7.58. The van der Waals surface area contributed by atoms with Crippen molar-refractivity contribution < 1.29 is 39.0 Å². The Hall–Kier alpha value is -0.320. The average Bonchev–Trinajstić information content (AvgIpc) is 2.53. The lowest BCUT2D eigenvalue weighted by Gasteiger charge is -2.41. The zero-order chi connectivity index (χ0) is 16.4. The van der Waals surface area contributed by atoms with Crippen molar-refractivity contribution in [2.24, 2.45) is 0 Å². The first kappa shape index (κ1) is 19.7. The number of rotatable bonds is 11. The Balaban J connectivity index is 2.24. The Bertz CT molecular complexity index is 278. The van der Waals surface area contributed by atoms with Crippen LogP contribution in [0, 0.1) is 0 Å². The zero-order valence-electron chi connectivity index (χ0n) is 13.2. The largest absolute Gasteiger partial charge is 0.394 e. The van der Waals surface area contributed by atoms with Gasteiger partial charge in [-0.1, -0.05) is 6.92 Å². The first-order valence-electron chi connectivity index (χ1n) is 7.58. The van der Waals surface area contributed by atoms with Gasteiger partial charge in [-0.15, -0.1) is 0 Å². The standard InChI is InChI=1S/C14H28O8/c1-3-4-19-5-6-20-7-8-21-14-13(18-2)12(17)11(16)10(9-15)22-14/h10-17H,3-9H2,1-2H3/t10-,11-,12+,13+,14+/m0/s1. The smallest absolute Gasteiger partial charge is 0.187 e. The minimum atomic E-state index is -1.22. The van der Waals surface area contributed by atoms with E-state index in [4.69, 9.17) is 28.8 Å². The molecule has 1 fully saturated rings. The van der Waals surface area contributed by atoms with Crippen LogP contribution in [0.5, 0.6) is 0 Å². The molecule has 1 aliphatic heterocycles. The molecule has 0 spiro atoms. The Morgan fingerprint density at radius 1 is 0.955 bits per heavy atom. The van der Waals surface area contributed by atoms with Crippen LogP contribution in [0.2, 0.25) is 0 Å². The third kappa shape index (κ3) is 6.05. The zero-order valence-corrected chi connectivity index (χ0v) is 13.2. The molecule has 0 bridgehead atoms. The number of hydrogen-bond acceptors (Lipinski definition) is 8. The SMILES string of the molecule is CCCOCCOCCO[C@@H]1O[C@@H](CO)[C@H](O)[C@@H](O)[C@H]1OC. The Kier molecular flexibility index (Phi) is 10.1. The number of aliphatic hydroxyl groups is 3. The molecule has 8 heteroatoms. The van der Waals surface area contributed by atoms with Gasteiger partial charge in [0.1, 0.15) is 24.4 Å². The van der Waals surface area contributed by atoms with E-state index in [2.05, 4.69) is 0 Å². The van der Waals surface area contributed by atoms with Crippen LogP contribution < -0.4 is 0 Å². The monoisotopic (exact) mass is 324 g/mol. The topological polar surface area (TPSA) is 107 Å². The van der Waals surface area contributed by atoms with Gasteiger partial charge in [-0.3, -0.25) is 0 Å². The molecule has 0 aromatic heterocycles. The molecule has 1 rings (SSSR count). The lowest BCUT2D eigenvalue weighted by atomic mass is 9.99. The predicted molar refractivity (Wildman–Crippen MR) is 76.4 cm³/mol. The molecule has 1 heterocycles. The Morgan fingerprint density at radius 3 is 2.18 bits per heavy atom. The molecule has 5 atom stereocenters. The highest BCUT2D eigenvalue weighted by atomic mass is 16.7. The average molecular weight is 324 g/mol. The maximum Gasteiger partial charge on any atom is 0.187 e. The van der Waals surface area contributed by atoms with E-state index in [-0.39, 0.29) is 6.61 Å². The minimum Gasteiger partial charge on any atom is -0.394 e. The number of aliphatic hydroxyl groups excluding tert-OH is 3. The van der Waals surface area contributed by atoms with Crippen molar-refractivity contribution in [3.8, 4) is 0 Å². The van der Waals surface area contributed by atoms with Gasteiger partial charge in [-0.25, -0.2) is 0 Å². The van der Waals surface area contributed by atoms with E-state index in [0.29, 0.717) is 26.4 Å². The van der Waals surface area contributed by atoms with Crippen LogP contribution in [0.15, 0.2) is 0 Å². The molecular weight excluding hydrogens is 296 g/mol. The third-order valence-corrected chi connectivity index (χ3v) is 3.33.